The van der Waals surface area contributed by atoms with Gasteiger partial charge in [-0.2, -0.15) is 31.1 Å². The average Bonchev–Trinajstić information content (AvgIpc) is 2.67. The number of hydrogen-bond donors (Lipinski definition) is 0. The fourth-order valence-corrected chi connectivity index (χ4v) is 3.27. The molecule has 0 radical (unpaired) electrons. The van der Waals surface area contributed by atoms with Crippen LogP contribution in [0.5, 0.6) is 0 Å². The van der Waals surface area contributed by atoms with Crippen molar-refractivity contribution >= 4 is 22.2 Å². The predicted molar refractivity (Wildman–Crippen MR) is 100 cm³/mol. The van der Waals surface area contributed by atoms with Gasteiger partial charge in [0.2, 0.25) is 0 Å². The average molecular weight is 426 g/mol. The van der Waals surface area contributed by atoms with E-state index in [0.717, 1.165) is 43.3 Å². The summed E-state index contributed by atoms with van der Waals surface area (Å²) < 4.78 is 69.9. The van der Waals surface area contributed by atoms with E-state index in [1.54, 1.807) is 19.1 Å². The third-order valence-electron chi connectivity index (χ3n) is 3.68. The molecule has 2 rings (SSSR count). The van der Waals surface area contributed by atoms with Crippen LogP contribution in [0, 0.1) is 6.92 Å². The highest BCUT2D eigenvalue weighted by molar-refractivity contribution is 7.89. The molecule has 0 bridgehead atoms. The van der Waals surface area contributed by atoms with Gasteiger partial charge in [-0.25, -0.2) is 4.79 Å². The summed E-state index contributed by atoms with van der Waals surface area (Å²) in [6, 6.07) is 10.3. The topological polar surface area (TPSA) is 76.0 Å². The Morgan fingerprint density at radius 3 is 2.31 bits per heavy atom. The van der Waals surface area contributed by atoms with Gasteiger partial charge in [0.25, 0.3) is 10.0 Å². The van der Waals surface area contributed by atoms with E-state index >= 15 is 0 Å². The molecule has 0 unspecified atom stereocenters. The number of carbonyl (C=O) groups excluding carboxylic acids is 1. The number of hydrogen-bond acceptors (Lipinski definition) is 5. The Labute approximate surface area is 166 Å². The Hall–Kier alpha value is -3.14. The summed E-state index contributed by atoms with van der Waals surface area (Å²) in [5.41, 5.74) is -0.507. The van der Waals surface area contributed by atoms with Crippen LogP contribution in [0.1, 0.15) is 16.7 Å². The highest BCUT2D eigenvalue weighted by Gasteiger charge is 2.32. The van der Waals surface area contributed by atoms with Gasteiger partial charge in [0.1, 0.15) is 0 Å². The molecule has 0 saturated carbocycles. The largest absolute Gasteiger partial charge is 0.466 e. The summed E-state index contributed by atoms with van der Waals surface area (Å²) in [6.07, 6.45) is -2.30. The van der Waals surface area contributed by atoms with Crippen molar-refractivity contribution in [3.8, 4) is 0 Å². The zero-order chi connectivity index (χ0) is 21.7. The number of benzene rings is 2. The van der Waals surface area contributed by atoms with Gasteiger partial charge in [-0.3, -0.25) is 0 Å². The van der Waals surface area contributed by atoms with Gasteiger partial charge in [0, 0.05) is 17.8 Å². The number of hydrazone groups is 1. The van der Waals surface area contributed by atoms with Crippen molar-refractivity contribution in [2.45, 2.75) is 18.0 Å². The lowest BCUT2D eigenvalue weighted by atomic mass is 10.1. The van der Waals surface area contributed by atoms with Crippen LogP contribution in [-0.4, -0.2) is 32.1 Å². The van der Waals surface area contributed by atoms with E-state index in [1.807, 2.05) is 0 Å². The zero-order valence-corrected chi connectivity index (χ0v) is 16.2. The molecule has 6 nitrogen and oxygen atoms in total. The molecule has 0 saturated heterocycles. The van der Waals surface area contributed by atoms with Crippen molar-refractivity contribution < 1.29 is 31.1 Å². The van der Waals surface area contributed by atoms with Crippen LogP contribution in [0.15, 0.2) is 70.8 Å². The normalized spacial score (nSPS) is 12.4. The van der Waals surface area contributed by atoms with Crippen molar-refractivity contribution in [2.24, 2.45) is 5.10 Å². The molecule has 0 fully saturated rings. The van der Waals surface area contributed by atoms with Gasteiger partial charge >= 0.3 is 12.1 Å². The SMILES string of the molecule is COC(=O)/C=C\N(/N=C/c1ccccc1C(F)(F)F)S(=O)(=O)c1ccc(C)cc1. The maximum atomic E-state index is 13.1. The lowest BCUT2D eigenvalue weighted by Gasteiger charge is -2.15. The van der Waals surface area contributed by atoms with Gasteiger partial charge in [0.15, 0.2) is 0 Å². The molecule has 2 aromatic rings. The summed E-state index contributed by atoms with van der Waals surface area (Å²) in [7, 11) is -3.19. The number of esters is 1. The molecule has 0 N–H and O–H groups in total. The number of carbonyl (C=O) groups is 1. The number of methoxy groups -OCH3 is 1. The minimum absolute atomic E-state index is 0.154. The second kappa shape index (κ2) is 8.91. The van der Waals surface area contributed by atoms with Crippen molar-refractivity contribution in [3.63, 3.8) is 0 Å². The number of alkyl halides is 3. The van der Waals surface area contributed by atoms with Crippen molar-refractivity contribution in [2.75, 3.05) is 7.11 Å². The monoisotopic (exact) mass is 426 g/mol. The second-order valence-electron chi connectivity index (χ2n) is 5.76. The van der Waals surface area contributed by atoms with Gasteiger partial charge in [-0.15, -0.1) is 0 Å². The molecule has 0 heterocycles. The number of sulfonamides is 1. The first-order chi connectivity index (χ1) is 13.6. The van der Waals surface area contributed by atoms with Crippen molar-refractivity contribution in [1.82, 2.24) is 4.41 Å². The number of nitrogens with zero attached hydrogens (tertiary/aromatic N) is 2. The maximum Gasteiger partial charge on any atom is 0.417 e. The summed E-state index contributed by atoms with van der Waals surface area (Å²) >= 11 is 0. The number of ether oxygens (including phenoxy) is 1. The van der Waals surface area contributed by atoms with Crippen LogP contribution in [0.4, 0.5) is 13.2 Å². The van der Waals surface area contributed by atoms with E-state index in [2.05, 4.69) is 9.84 Å². The van der Waals surface area contributed by atoms with Gasteiger partial charge in [-0.05, 0) is 25.1 Å². The maximum absolute atomic E-state index is 13.1. The fourth-order valence-electron chi connectivity index (χ4n) is 2.18. The highest BCUT2D eigenvalue weighted by atomic mass is 32.2. The summed E-state index contributed by atoms with van der Waals surface area (Å²) in [4.78, 5) is 11.2. The first kappa shape index (κ1) is 22.2. The molecule has 29 heavy (non-hydrogen) atoms. The van der Waals surface area contributed by atoms with Gasteiger partial charge in [-0.1, -0.05) is 35.9 Å². The molecular weight excluding hydrogens is 409 g/mol. The van der Waals surface area contributed by atoms with Crippen molar-refractivity contribution in [1.29, 1.82) is 0 Å². The van der Waals surface area contributed by atoms with Crippen LogP contribution in [0.2, 0.25) is 0 Å². The van der Waals surface area contributed by atoms with Crippen LogP contribution in [0.3, 0.4) is 0 Å². The second-order valence-corrected chi connectivity index (χ2v) is 7.55. The van der Waals surface area contributed by atoms with Crippen LogP contribution >= 0.6 is 0 Å². The highest BCUT2D eigenvalue weighted by Crippen LogP contribution is 2.31. The van der Waals surface area contributed by atoms with E-state index in [-0.39, 0.29) is 10.5 Å². The Morgan fingerprint density at radius 2 is 1.72 bits per heavy atom. The Kier molecular flexibility index (Phi) is 6.80. The van der Waals surface area contributed by atoms with E-state index in [1.165, 1.54) is 24.3 Å². The minimum Gasteiger partial charge on any atom is -0.466 e. The molecule has 0 aliphatic rings. The number of rotatable bonds is 6. The van der Waals surface area contributed by atoms with Crippen LogP contribution in [-0.2, 0) is 25.7 Å². The zero-order valence-electron chi connectivity index (χ0n) is 15.4. The number of halogens is 3. The number of aryl methyl sites for hydroxylation is 1. The standard InChI is InChI=1S/C19H17F3N2O4S/c1-14-7-9-16(10-8-14)29(26,27)24(12-11-18(25)28-2)23-13-15-5-3-4-6-17(15)19(20,21)22/h3-13H,1-2H3/b12-11-,23-13+. The molecule has 0 atom stereocenters. The van der Waals surface area contributed by atoms with Gasteiger partial charge < -0.3 is 4.74 Å². The molecule has 0 aliphatic heterocycles. The fraction of sp³-hybridized carbons (Fsp3) is 0.158. The van der Waals surface area contributed by atoms with E-state index in [9.17, 15) is 26.4 Å². The molecule has 0 amide bonds. The van der Waals surface area contributed by atoms with Crippen LogP contribution in [0.25, 0.3) is 0 Å². The van der Waals surface area contributed by atoms with Crippen molar-refractivity contribution in [3.05, 3.63) is 77.5 Å². The summed E-state index contributed by atoms with van der Waals surface area (Å²) in [5.74, 6) is -0.861. The molecule has 10 heteroatoms. The van der Waals surface area contributed by atoms with E-state index < -0.39 is 27.7 Å². The van der Waals surface area contributed by atoms with E-state index in [0.29, 0.717) is 4.41 Å². The van der Waals surface area contributed by atoms with E-state index in [4.69, 9.17) is 0 Å². The first-order valence-electron chi connectivity index (χ1n) is 8.13. The molecule has 154 valence electrons. The Bertz CT molecular complexity index is 1030. The smallest absolute Gasteiger partial charge is 0.417 e. The summed E-state index contributed by atoms with van der Waals surface area (Å²) in [5, 5.41) is 3.67. The Balaban J connectivity index is 2.50. The third kappa shape index (κ3) is 5.67. The molecule has 0 spiro atoms. The minimum atomic E-state index is -4.65. The predicted octanol–water partition coefficient (Wildman–Crippen LogP) is 3.73. The quantitative estimate of drug-likeness (QED) is 0.305. The summed E-state index contributed by atoms with van der Waals surface area (Å²) in [6.45, 7) is 1.76. The third-order valence-corrected chi connectivity index (χ3v) is 5.26. The van der Waals surface area contributed by atoms with Gasteiger partial charge in [0.05, 0.1) is 23.8 Å². The first-order valence-corrected chi connectivity index (χ1v) is 9.57. The lowest BCUT2D eigenvalue weighted by molar-refractivity contribution is -0.137. The molecule has 0 aliphatic carbocycles. The molecule has 0 aromatic heterocycles. The molecular formula is C19H17F3N2O4S. The lowest BCUT2D eigenvalue weighted by Crippen LogP contribution is -2.22. The molecule has 2 aromatic carbocycles. The van der Waals surface area contributed by atoms with Crippen LogP contribution < -0.4 is 0 Å². The Morgan fingerprint density at radius 1 is 1.10 bits per heavy atom.